The van der Waals surface area contributed by atoms with E-state index in [1.54, 1.807) is 0 Å². The maximum atomic E-state index is 11.8. The van der Waals surface area contributed by atoms with Gasteiger partial charge in [0.1, 0.15) is 0 Å². The highest BCUT2D eigenvalue weighted by Gasteiger charge is 2.42. The summed E-state index contributed by atoms with van der Waals surface area (Å²) in [6.07, 6.45) is -3.11. The van der Waals surface area contributed by atoms with Gasteiger partial charge in [-0.2, -0.15) is 13.2 Å². The van der Waals surface area contributed by atoms with Gasteiger partial charge in [0.05, 0.1) is 18.8 Å². The summed E-state index contributed by atoms with van der Waals surface area (Å²) < 4.78 is 40.5. The van der Waals surface area contributed by atoms with Crippen LogP contribution in [-0.4, -0.2) is 36.6 Å². The first-order valence-electron chi connectivity index (χ1n) is 5.42. The van der Waals surface area contributed by atoms with Crippen molar-refractivity contribution >= 4 is 0 Å². The smallest absolute Gasteiger partial charge is 0.389 e. The Kier molecular flexibility index (Phi) is 4.58. The maximum absolute atomic E-state index is 11.8. The van der Waals surface area contributed by atoms with Gasteiger partial charge >= 0.3 is 6.18 Å². The van der Waals surface area contributed by atoms with E-state index < -0.39 is 18.1 Å². The molecule has 1 saturated carbocycles. The maximum Gasteiger partial charge on any atom is 0.389 e. The van der Waals surface area contributed by atoms with Gasteiger partial charge in [-0.3, -0.25) is 0 Å². The molecule has 1 unspecified atom stereocenters. The standard InChI is InChI=1S/C10H18F3NO2/c11-10(12,13)4-1-5-16-7-9(14,6-15)8-2-3-8/h8,15H,1-7,14H2. The molecule has 0 aromatic carbocycles. The van der Waals surface area contributed by atoms with Crippen LogP contribution in [0.25, 0.3) is 0 Å². The minimum absolute atomic E-state index is 0.0329. The van der Waals surface area contributed by atoms with Crippen LogP contribution in [0.15, 0.2) is 0 Å². The first kappa shape index (κ1) is 13.7. The van der Waals surface area contributed by atoms with Crippen molar-refractivity contribution in [3.05, 3.63) is 0 Å². The summed E-state index contributed by atoms with van der Waals surface area (Å²) >= 11 is 0. The quantitative estimate of drug-likeness (QED) is 0.663. The third-order valence-corrected chi connectivity index (χ3v) is 2.80. The summed E-state index contributed by atoms with van der Waals surface area (Å²) in [5.41, 5.74) is 5.11. The molecule has 0 heterocycles. The van der Waals surface area contributed by atoms with Crippen molar-refractivity contribution in [3.63, 3.8) is 0 Å². The van der Waals surface area contributed by atoms with E-state index in [0.717, 1.165) is 12.8 Å². The van der Waals surface area contributed by atoms with Crippen LogP contribution in [0.5, 0.6) is 0 Å². The molecule has 0 amide bonds. The normalized spacial score (nSPS) is 20.8. The summed E-state index contributed by atoms with van der Waals surface area (Å²) in [5.74, 6) is 0.250. The van der Waals surface area contributed by atoms with Crippen molar-refractivity contribution in [3.8, 4) is 0 Å². The van der Waals surface area contributed by atoms with Gasteiger partial charge in [0.15, 0.2) is 0 Å². The molecule has 1 aliphatic rings. The second-order valence-corrected chi connectivity index (χ2v) is 4.44. The topological polar surface area (TPSA) is 55.5 Å². The van der Waals surface area contributed by atoms with E-state index in [9.17, 15) is 13.2 Å². The number of aliphatic hydroxyl groups excluding tert-OH is 1. The molecule has 16 heavy (non-hydrogen) atoms. The summed E-state index contributed by atoms with van der Waals surface area (Å²) in [4.78, 5) is 0. The van der Waals surface area contributed by atoms with E-state index in [-0.39, 0.29) is 32.2 Å². The molecule has 0 bridgehead atoms. The van der Waals surface area contributed by atoms with E-state index in [0.29, 0.717) is 0 Å². The van der Waals surface area contributed by atoms with Crippen molar-refractivity contribution in [1.29, 1.82) is 0 Å². The van der Waals surface area contributed by atoms with Crippen LogP contribution >= 0.6 is 0 Å². The molecule has 0 aromatic rings. The Balaban J connectivity index is 2.10. The van der Waals surface area contributed by atoms with Gasteiger partial charge in [-0.15, -0.1) is 0 Å². The Labute approximate surface area is 92.8 Å². The average Bonchev–Trinajstić information content (AvgIpc) is 2.98. The number of ether oxygens (including phenoxy) is 1. The van der Waals surface area contributed by atoms with Gasteiger partial charge in [-0.1, -0.05) is 0 Å². The van der Waals surface area contributed by atoms with E-state index in [1.165, 1.54) is 0 Å². The Bertz CT molecular complexity index is 219. The summed E-state index contributed by atoms with van der Waals surface area (Å²) in [7, 11) is 0. The predicted octanol–water partition coefficient (Wildman–Crippen LogP) is 1.45. The number of rotatable bonds is 7. The van der Waals surface area contributed by atoms with Crippen LogP contribution in [0.4, 0.5) is 13.2 Å². The number of alkyl halides is 3. The molecule has 6 heteroatoms. The van der Waals surface area contributed by atoms with Gasteiger partial charge in [-0.05, 0) is 25.2 Å². The summed E-state index contributed by atoms with van der Waals surface area (Å²) in [5, 5.41) is 9.10. The number of hydrogen-bond donors (Lipinski definition) is 2. The van der Waals surface area contributed by atoms with Gasteiger partial charge in [0.2, 0.25) is 0 Å². The Hall–Kier alpha value is -0.330. The molecule has 0 aliphatic heterocycles. The SMILES string of the molecule is NC(CO)(COCCCC(F)(F)F)C1CC1. The Morgan fingerprint density at radius 2 is 1.94 bits per heavy atom. The molecular formula is C10H18F3NO2. The zero-order valence-electron chi connectivity index (χ0n) is 9.09. The van der Waals surface area contributed by atoms with Crippen molar-refractivity contribution in [2.45, 2.75) is 37.4 Å². The second kappa shape index (κ2) is 5.33. The lowest BCUT2D eigenvalue weighted by atomic mass is 9.97. The summed E-state index contributed by atoms with van der Waals surface area (Å²) in [6, 6.07) is 0. The van der Waals surface area contributed by atoms with Crippen LogP contribution in [0.3, 0.4) is 0 Å². The average molecular weight is 241 g/mol. The molecule has 0 aromatic heterocycles. The van der Waals surface area contributed by atoms with Crippen molar-refractivity contribution in [2.75, 3.05) is 19.8 Å². The first-order valence-corrected chi connectivity index (χ1v) is 5.42. The van der Waals surface area contributed by atoms with E-state index in [2.05, 4.69) is 0 Å². The van der Waals surface area contributed by atoms with Gasteiger partial charge in [-0.25, -0.2) is 0 Å². The van der Waals surface area contributed by atoms with E-state index in [4.69, 9.17) is 15.6 Å². The number of aliphatic hydroxyl groups is 1. The van der Waals surface area contributed by atoms with Crippen LogP contribution in [0.2, 0.25) is 0 Å². The Morgan fingerprint density at radius 1 is 1.31 bits per heavy atom. The zero-order valence-corrected chi connectivity index (χ0v) is 9.09. The number of hydrogen-bond acceptors (Lipinski definition) is 3. The van der Waals surface area contributed by atoms with Crippen molar-refractivity contribution in [2.24, 2.45) is 11.7 Å². The third-order valence-electron chi connectivity index (χ3n) is 2.80. The van der Waals surface area contributed by atoms with Gasteiger partial charge in [0, 0.05) is 13.0 Å². The van der Waals surface area contributed by atoms with Crippen molar-refractivity contribution < 1.29 is 23.0 Å². The van der Waals surface area contributed by atoms with E-state index in [1.807, 2.05) is 0 Å². The van der Waals surface area contributed by atoms with Crippen LogP contribution in [0.1, 0.15) is 25.7 Å². The van der Waals surface area contributed by atoms with Crippen molar-refractivity contribution in [1.82, 2.24) is 0 Å². The molecule has 1 atom stereocenters. The molecule has 0 saturated heterocycles. The second-order valence-electron chi connectivity index (χ2n) is 4.44. The third kappa shape index (κ3) is 4.67. The lowest BCUT2D eigenvalue weighted by Crippen LogP contribution is -2.50. The summed E-state index contributed by atoms with van der Waals surface area (Å²) in [6.45, 7) is -0.0197. The minimum atomic E-state index is -4.13. The largest absolute Gasteiger partial charge is 0.394 e. The molecular weight excluding hydrogens is 223 g/mol. The van der Waals surface area contributed by atoms with Gasteiger partial charge in [0.25, 0.3) is 0 Å². The lowest BCUT2D eigenvalue weighted by Gasteiger charge is -2.26. The molecule has 3 N–H and O–H groups in total. The molecule has 0 radical (unpaired) electrons. The lowest BCUT2D eigenvalue weighted by molar-refractivity contribution is -0.138. The highest BCUT2D eigenvalue weighted by atomic mass is 19.4. The van der Waals surface area contributed by atoms with Gasteiger partial charge < -0.3 is 15.6 Å². The highest BCUT2D eigenvalue weighted by molar-refractivity contribution is 4.98. The molecule has 0 spiro atoms. The minimum Gasteiger partial charge on any atom is -0.394 e. The number of halogens is 3. The number of nitrogens with two attached hydrogens (primary N) is 1. The van der Waals surface area contributed by atoms with Crippen LogP contribution in [-0.2, 0) is 4.74 Å². The fraction of sp³-hybridized carbons (Fsp3) is 1.00. The van der Waals surface area contributed by atoms with Crippen LogP contribution in [0, 0.1) is 5.92 Å². The zero-order chi connectivity index (χ0) is 12.2. The fourth-order valence-electron chi connectivity index (χ4n) is 1.59. The van der Waals surface area contributed by atoms with Crippen LogP contribution < -0.4 is 5.73 Å². The molecule has 1 rings (SSSR count). The highest BCUT2D eigenvalue weighted by Crippen LogP contribution is 2.38. The predicted molar refractivity (Wildman–Crippen MR) is 52.8 cm³/mol. The molecule has 1 aliphatic carbocycles. The monoisotopic (exact) mass is 241 g/mol. The molecule has 3 nitrogen and oxygen atoms in total. The molecule has 1 fully saturated rings. The fourth-order valence-corrected chi connectivity index (χ4v) is 1.59. The van der Waals surface area contributed by atoms with E-state index >= 15 is 0 Å². The Morgan fingerprint density at radius 3 is 2.38 bits per heavy atom. The molecule has 96 valence electrons. The first-order chi connectivity index (χ1) is 7.37.